The quantitative estimate of drug-likeness (QED) is 0.171. The summed E-state index contributed by atoms with van der Waals surface area (Å²) in [6.45, 7) is 13.2. The van der Waals surface area contributed by atoms with Crippen molar-refractivity contribution in [1.82, 2.24) is 0 Å². The summed E-state index contributed by atoms with van der Waals surface area (Å²) in [7, 11) is 0. The number of nitrogens with two attached hydrogens (primary N) is 1. The molecule has 12 nitrogen and oxygen atoms in total. The second-order valence-corrected chi connectivity index (χ2v) is 10.3. The molecule has 226 valence electrons. The summed E-state index contributed by atoms with van der Waals surface area (Å²) in [5.74, 6) is -0.564. The Labute approximate surface area is 235 Å². The molecule has 0 aliphatic heterocycles. The fourth-order valence-electron chi connectivity index (χ4n) is 2.76. The molecule has 0 saturated heterocycles. The minimum atomic E-state index is -1.09. The number of carbonyl (C=O) groups is 4. The molecule has 3 atom stereocenters. The third-order valence-corrected chi connectivity index (χ3v) is 5.16. The predicted octanol–water partition coefficient (Wildman–Crippen LogP) is 5.03. The molecule has 0 bridgehead atoms. The van der Waals surface area contributed by atoms with Gasteiger partial charge in [-0.3, -0.25) is 4.79 Å². The van der Waals surface area contributed by atoms with Crippen molar-refractivity contribution >= 4 is 24.4 Å². The van der Waals surface area contributed by atoms with Gasteiger partial charge in [0.2, 0.25) is 0 Å². The third-order valence-electron chi connectivity index (χ3n) is 5.16. The van der Waals surface area contributed by atoms with Crippen LogP contribution in [0.2, 0.25) is 0 Å². The van der Waals surface area contributed by atoms with Crippen molar-refractivity contribution < 1.29 is 52.3 Å². The number of benzene rings is 1. The number of ether oxygens (including phenoxy) is 7. The molecular weight excluding hydrogens is 526 g/mol. The van der Waals surface area contributed by atoms with E-state index in [4.69, 9.17) is 38.9 Å². The highest BCUT2D eigenvalue weighted by Gasteiger charge is 2.22. The monoisotopic (exact) mass is 569 g/mol. The zero-order valence-electron chi connectivity index (χ0n) is 24.4. The van der Waals surface area contributed by atoms with Gasteiger partial charge in [-0.05, 0) is 48.8 Å². The highest BCUT2D eigenvalue weighted by Crippen LogP contribution is 2.30. The van der Waals surface area contributed by atoms with Gasteiger partial charge in [-0.2, -0.15) is 0 Å². The van der Waals surface area contributed by atoms with Gasteiger partial charge in [0.15, 0.2) is 11.5 Å². The summed E-state index contributed by atoms with van der Waals surface area (Å²) in [6, 6.07) is 3.24. The van der Waals surface area contributed by atoms with Crippen LogP contribution in [0.4, 0.5) is 14.4 Å². The van der Waals surface area contributed by atoms with Crippen molar-refractivity contribution in [3.05, 3.63) is 23.8 Å². The molecule has 0 aromatic heterocycles. The minimum absolute atomic E-state index is 0.000493. The number of hydrogen-bond acceptors (Lipinski definition) is 12. The lowest BCUT2D eigenvalue weighted by atomic mass is 10.1. The van der Waals surface area contributed by atoms with Gasteiger partial charge < -0.3 is 38.9 Å². The number of rotatable bonds is 15. The van der Waals surface area contributed by atoms with E-state index in [0.29, 0.717) is 5.56 Å². The highest BCUT2D eigenvalue weighted by molar-refractivity contribution is 5.76. The Morgan fingerprint density at radius 1 is 0.725 bits per heavy atom. The summed E-state index contributed by atoms with van der Waals surface area (Å²) in [4.78, 5) is 48.4. The van der Waals surface area contributed by atoms with Crippen LogP contribution in [0.5, 0.6) is 11.5 Å². The van der Waals surface area contributed by atoms with Crippen molar-refractivity contribution in [3.63, 3.8) is 0 Å². The molecule has 0 saturated carbocycles. The van der Waals surface area contributed by atoms with Gasteiger partial charge in [-0.25, -0.2) is 14.4 Å². The van der Waals surface area contributed by atoms with E-state index in [1.165, 1.54) is 12.1 Å². The minimum Gasteiger partial charge on any atom is -0.461 e. The lowest BCUT2D eigenvalue weighted by Crippen LogP contribution is -2.36. The zero-order chi connectivity index (χ0) is 30.2. The first-order chi connectivity index (χ1) is 18.8. The molecule has 2 N–H and O–H groups in total. The van der Waals surface area contributed by atoms with Gasteiger partial charge in [-0.1, -0.05) is 54.0 Å². The van der Waals surface area contributed by atoms with Crippen LogP contribution in [0, 0.1) is 17.8 Å². The normalized spacial score (nSPS) is 13.2. The van der Waals surface area contributed by atoms with Crippen molar-refractivity contribution in [2.75, 3.05) is 26.4 Å². The van der Waals surface area contributed by atoms with Crippen LogP contribution in [-0.2, 0) is 34.9 Å². The summed E-state index contributed by atoms with van der Waals surface area (Å²) in [6.07, 6.45) is -2.70. The Morgan fingerprint density at radius 2 is 1.27 bits per heavy atom. The first kappa shape index (κ1) is 34.5. The Hall–Kier alpha value is -3.54. The molecule has 0 radical (unpaired) electrons. The molecule has 1 rings (SSSR count). The molecule has 1 aromatic carbocycles. The lowest BCUT2D eigenvalue weighted by Gasteiger charge is -2.17. The molecule has 12 heteroatoms. The Balaban J connectivity index is 2.79. The maximum atomic E-state index is 12.4. The Bertz CT molecular complexity index is 964. The van der Waals surface area contributed by atoms with Gasteiger partial charge in [0.05, 0.1) is 19.8 Å². The number of hydrogen-bond donors (Lipinski definition) is 1. The standard InChI is InChI=1S/C28H43NO11/c1-8-19(6)15-37-26(31)38-20(7)16-34-25(30)22(29)11-21-9-10-23(39-27(32)35-13-17(2)3)24(12-21)40-28(33)36-14-18(4)5/h9-10,12,17-20,22H,8,11,13-16,29H2,1-7H3/t19?,20-,22-/m0/s1. The predicted molar refractivity (Wildman–Crippen MR) is 144 cm³/mol. The van der Waals surface area contributed by atoms with Crippen molar-refractivity contribution in [2.45, 2.75) is 73.5 Å². The maximum absolute atomic E-state index is 12.4. The molecule has 0 spiro atoms. The van der Waals surface area contributed by atoms with E-state index in [9.17, 15) is 19.2 Å². The van der Waals surface area contributed by atoms with E-state index in [2.05, 4.69) is 0 Å². The van der Waals surface area contributed by atoms with E-state index in [-0.39, 0.29) is 62.1 Å². The molecule has 0 aliphatic rings. The van der Waals surface area contributed by atoms with E-state index in [0.717, 1.165) is 6.42 Å². The van der Waals surface area contributed by atoms with Crippen LogP contribution in [0.1, 0.15) is 60.5 Å². The molecular formula is C28H43NO11. The van der Waals surface area contributed by atoms with Crippen LogP contribution >= 0.6 is 0 Å². The smallest absolute Gasteiger partial charge is 0.461 e. The Kier molecular flexibility index (Phi) is 15.5. The first-order valence-corrected chi connectivity index (χ1v) is 13.4. The van der Waals surface area contributed by atoms with Crippen LogP contribution in [-0.4, -0.2) is 63.0 Å². The summed E-state index contributed by atoms with van der Waals surface area (Å²) < 4.78 is 35.8. The summed E-state index contributed by atoms with van der Waals surface area (Å²) in [5, 5.41) is 0. The van der Waals surface area contributed by atoms with E-state index < -0.39 is 36.6 Å². The van der Waals surface area contributed by atoms with E-state index in [1.807, 2.05) is 41.5 Å². The van der Waals surface area contributed by atoms with Gasteiger partial charge in [0, 0.05) is 0 Å². The summed E-state index contributed by atoms with van der Waals surface area (Å²) >= 11 is 0. The van der Waals surface area contributed by atoms with Gasteiger partial charge in [0.1, 0.15) is 18.8 Å². The van der Waals surface area contributed by atoms with Crippen molar-refractivity contribution in [3.8, 4) is 11.5 Å². The summed E-state index contributed by atoms with van der Waals surface area (Å²) in [5.41, 5.74) is 6.49. The second kappa shape index (κ2) is 17.9. The molecule has 1 unspecified atom stereocenters. The van der Waals surface area contributed by atoms with E-state index >= 15 is 0 Å². The average molecular weight is 570 g/mol. The van der Waals surface area contributed by atoms with Crippen molar-refractivity contribution in [1.29, 1.82) is 0 Å². The fourth-order valence-corrected chi connectivity index (χ4v) is 2.76. The molecule has 0 heterocycles. The van der Waals surface area contributed by atoms with Crippen LogP contribution < -0.4 is 15.2 Å². The van der Waals surface area contributed by atoms with E-state index in [1.54, 1.807) is 13.0 Å². The largest absolute Gasteiger partial charge is 0.513 e. The molecule has 40 heavy (non-hydrogen) atoms. The molecule has 0 amide bonds. The topological polar surface area (TPSA) is 159 Å². The van der Waals surface area contributed by atoms with Gasteiger partial charge >= 0.3 is 24.4 Å². The third kappa shape index (κ3) is 14.6. The Morgan fingerprint density at radius 3 is 1.82 bits per heavy atom. The van der Waals surface area contributed by atoms with Crippen LogP contribution in [0.25, 0.3) is 0 Å². The van der Waals surface area contributed by atoms with Crippen LogP contribution in [0.15, 0.2) is 18.2 Å². The lowest BCUT2D eigenvalue weighted by molar-refractivity contribution is -0.148. The zero-order valence-corrected chi connectivity index (χ0v) is 24.4. The van der Waals surface area contributed by atoms with Gasteiger partial charge in [0.25, 0.3) is 0 Å². The number of carbonyl (C=O) groups excluding carboxylic acids is 4. The molecule has 0 aliphatic carbocycles. The average Bonchev–Trinajstić information content (AvgIpc) is 2.89. The van der Waals surface area contributed by atoms with Gasteiger partial charge in [-0.15, -0.1) is 0 Å². The molecule has 0 fully saturated rings. The first-order valence-electron chi connectivity index (χ1n) is 13.4. The van der Waals surface area contributed by atoms with Crippen molar-refractivity contribution in [2.24, 2.45) is 23.5 Å². The second-order valence-electron chi connectivity index (χ2n) is 10.3. The SMILES string of the molecule is CCC(C)COC(=O)O[C@@H](C)COC(=O)[C@@H](N)Cc1ccc(OC(=O)OCC(C)C)c(OC(=O)OCC(C)C)c1. The fraction of sp³-hybridized carbons (Fsp3) is 0.643. The highest BCUT2D eigenvalue weighted by atomic mass is 16.7. The maximum Gasteiger partial charge on any atom is 0.513 e. The number of esters is 1. The van der Waals surface area contributed by atoms with Crippen LogP contribution in [0.3, 0.4) is 0 Å². The molecule has 1 aromatic rings.